The van der Waals surface area contributed by atoms with Crippen molar-refractivity contribution in [3.8, 4) is 22.8 Å². The molecule has 0 saturated carbocycles. The number of aliphatic carboxylic acids is 2. The molecule has 4 aromatic carbocycles. The Labute approximate surface area is 317 Å². The summed E-state index contributed by atoms with van der Waals surface area (Å²) in [4.78, 5) is 54.4. The molecule has 2 aromatic heterocycles. The lowest BCUT2D eigenvalue weighted by atomic mass is 10.1. The highest BCUT2D eigenvalue weighted by atomic mass is 35.5. The quantitative estimate of drug-likeness (QED) is 0.0668. The maximum Gasteiger partial charge on any atom is 0.313 e. The number of amides is 2. The minimum absolute atomic E-state index is 0.114. The zero-order valence-corrected chi connectivity index (χ0v) is 30.6. The van der Waals surface area contributed by atoms with Gasteiger partial charge in [0.1, 0.15) is 0 Å². The molecule has 0 atom stereocenters. The number of rotatable bonds is 12. The molecule has 272 valence electrons. The monoisotopic (exact) mass is 772 g/mol. The van der Waals surface area contributed by atoms with E-state index in [4.69, 9.17) is 21.8 Å². The zero-order valence-electron chi connectivity index (χ0n) is 28.2. The number of nitrogens with zero attached hydrogens (tertiary/aromatic N) is 4. The fraction of sp³-hybridized carbons (Fsp3) is 0.111. The normalized spacial score (nSPS) is 10.2. The molecule has 6 N–H and O–H groups in total. The number of carbonyl (C=O) groups is 4. The second kappa shape index (κ2) is 20.2. The number of H-pyrrole nitrogens is 2. The molecule has 0 aliphatic rings. The predicted molar refractivity (Wildman–Crippen MR) is 206 cm³/mol. The molecular formula is C36H33ClN8O6S2. The van der Waals surface area contributed by atoms with Crippen LogP contribution in [0.4, 0.5) is 11.4 Å². The molecule has 6 aromatic rings. The molecule has 0 radical (unpaired) electrons. The smallest absolute Gasteiger partial charge is 0.313 e. The maximum absolute atomic E-state index is 12.4. The van der Waals surface area contributed by atoms with Crippen molar-refractivity contribution in [3.05, 3.63) is 119 Å². The lowest BCUT2D eigenvalue weighted by molar-refractivity contribution is -0.134. The van der Waals surface area contributed by atoms with E-state index in [9.17, 15) is 19.2 Å². The van der Waals surface area contributed by atoms with E-state index in [1.54, 1.807) is 72.8 Å². The second-order valence-electron chi connectivity index (χ2n) is 10.2. The standard InChI is InChI=1S/C17H13ClN4O3S.C17H14N4O3S.C2H6/c18-12-4-6-13(7-5-12)19-16(25)11-3-1-2-10(8-11)15-20-17(22-21-15)26-9-14(23)24;22-14(23)10-25-17-19-15(20-21-17)11-5-4-6-12(9-11)16(24)18-13-7-2-1-3-8-13;1-2/h1-8H,9H2,(H,19,25)(H,23,24)(H,20,21,22);1-9H,10H2,(H,18,24)(H,22,23)(H,19,20,21);1-2H3. The molecule has 0 fully saturated rings. The number of benzene rings is 4. The average molecular weight is 773 g/mol. The van der Waals surface area contributed by atoms with E-state index in [1.807, 2.05) is 44.2 Å². The summed E-state index contributed by atoms with van der Waals surface area (Å²) in [6.45, 7) is 4.00. The molecule has 2 heterocycles. The van der Waals surface area contributed by atoms with E-state index < -0.39 is 11.9 Å². The summed E-state index contributed by atoms with van der Waals surface area (Å²) in [5.74, 6) is -1.68. The number of carbonyl (C=O) groups excluding carboxylic acids is 2. The molecule has 0 spiro atoms. The second-order valence-corrected chi connectivity index (χ2v) is 12.6. The van der Waals surface area contributed by atoms with Crippen LogP contribution in [0.15, 0.2) is 113 Å². The Morgan fingerprint density at radius 3 is 1.49 bits per heavy atom. The van der Waals surface area contributed by atoms with Crippen LogP contribution in [0, 0.1) is 0 Å². The van der Waals surface area contributed by atoms with Gasteiger partial charge < -0.3 is 20.8 Å². The van der Waals surface area contributed by atoms with Crippen molar-refractivity contribution < 1.29 is 29.4 Å². The molecule has 0 bridgehead atoms. The SMILES string of the molecule is CC.O=C(O)CSc1n[nH]c(-c2cccc(C(=O)Nc3ccc(Cl)cc3)c2)n1.O=C(O)CSc1n[nH]c(-c2cccc(C(=O)Nc3ccccc3)c2)n1. The van der Waals surface area contributed by atoms with Crippen LogP contribution in [-0.2, 0) is 9.59 Å². The molecular weight excluding hydrogens is 740 g/mol. The van der Waals surface area contributed by atoms with Crippen LogP contribution >= 0.6 is 35.1 Å². The van der Waals surface area contributed by atoms with Crippen LogP contribution in [0.25, 0.3) is 22.8 Å². The van der Waals surface area contributed by atoms with Crippen molar-refractivity contribution in [1.29, 1.82) is 0 Å². The van der Waals surface area contributed by atoms with Crippen molar-refractivity contribution in [2.75, 3.05) is 22.1 Å². The Morgan fingerprint density at radius 1 is 0.623 bits per heavy atom. The third kappa shape index (κ3) is 12.6. The third-order valence-electron chi connectivity index (χ3n) is 6.51. The van der Waals surface area contributed by atoms with E-state index in [2.05, 4.69) is 41.0 Å². The number of para-hydroxylation sites is 1. The van der Waals surface area contributed by atoms with E-state index in [0.29, 0.717) is 60.6 Å². The first-order valence-corrected chi connectivity index (χ1v) is 18.2. The van der Waals surface area contributed by atoms with Crippen molar-refractivity contribution in [2.24, 2.45) is 0 Å². The van der Waals surface area contributed by atoms with Gasteiger partial charge in [0.15, 0.2) is 11.6 Å². The van der Waals surface area contributed by atoms with Gasteiger partial charge >= 0.3 is 11.9 Å². The molecule has 6 rings (SSSR count). The lowest BCUT2D eigenvalue weighted by Gasteiger charge is -2.06. The summed E-state index contributed by atoms with van der Waals surface area (Å²) in [7, 11) is 0. The largest absolute Gasteiger partial charge is 0.481 e. The minimum atomic E-state index is -0.942. The van der Waals surface area contributed by atoms with Gasteiger partial charge in [-0.3, -0.25) is 29.4 Å². The number of anilines is 2. The Balaban J connectivity index is 0.000000226. The van der Waals surface area contributed by atoms with E-state index in [0.717, 1.165) is 23.5 Å². The number of hydrogen-bond donors (Lipinski definition) is 6. The van der Waals surface area contributed by atoms with Gasteiger partial charge in [-0.1, -0.05) is 91.4 Å². The van der Waals surface area contributed by atoms with Crippen molar-refractivity contribution >= 4 is 70.3 Å². The highest BCUT2D eigenvalue weighted by Crippen LogP contribution is 2.23. The molecule has 14 nitrogen and oxygen atoms in total. The first-order valence-electron chi connectivity index (χ1n) is 15.8. The lowest BCUT2D eigenvalue weighted by Crippen LogP contribution is -2.11. The topological polar surface area (TPSA) is 216 Å². The van der Waals surface area contributed by atoms with Crippen LogP contribution < -0.4 is 10.6 Å². The van der Waals surface area contributed by atoms with Crippen LogP contribution in [0.2, 0.25) is 5.02 Å². The number of carboxylic acids is 2. The summed E-state index contributed by atoms with van der Waals surface area (Å²) in [6, 6.07) is 29.8. The van der Waals surface area contributed by atoms with E-state index in [-0.39, 0.29) is 23.3 Å². The van der Waals surface area contributed by atoms with Gasteiger partial charge in [-0.15, -0.1) is 10.2 Å². The van der Waals surface area contributed by atoms with Crippen molar-refractivity contribution in [3.63, 3.8) is 0 Å². The summed E-state index contributed by atoms with van der Waals surface area (Å²) in [5.41, 5.74) is 3.65. The number of halogens is 1. The molecule has 0 saturated heterocycles. The molecule has 53 heavy (non-hydrogen) atoms. The number of hydrogen-bond acceptors (Lipinski definition) is 10. The highest BCUT2D eigenvalue weighted by molar-refractivity contribution is 8.00. The Kier molecular flexibility index (Phi) is 15.1. The van der Waals surface area contributed by atoms with Gasteiger partial charge in [-0.05, 0) is 60.7 Å². The zero-order chi connectivity index (χ0) is 38.2. The van der Waals surface area contributed by atoms with Gasteiger partial charge in [-0.25, -0.2) is 9.97 Å². The van der Waals surface area contributed by atoms with Gasteiger partial charge in [0.25, 0.3) is 11.8 Å². The summed E-state index contributed by atoms with van der Waals surface area (Å²) in [6.07, 6.45) is 0. The molecule has 0 aliphatic heterocycles. The third-order valence-corrected chi connectivity index (χ3v) is 8.43. The molecule has 2 amide bonds. The van der Waals surface area contributed by atoms with E-state index >= 15 is 0 Å². The van der Waals surface area contributed by atoms with E-state index in [1.165, 1.54) is 0 Å². The number of aromatic amines is 2. The Bertz CT molecular complexity index is 2150. The molecule has 0 unspecified atom stereocenters. The fourth-order valence-corrected chi connectivity index (χ4v) is 5.37. The van der Waals surface area contributed by atoms with Crippen LogP contribution in [-0.4, -0.2) is 75.8 Å². The van der Waals surface area contributed by atoms with Crippen molar-refractivity contribution in [1.82, 2.24) is 30.4 Å². The van der Waals surface area contributed by atoms with Gasteiger partial charge in [0, 0.05) is 38.7 Å². The first kappa shape index (κ1) is 39.8. The van der Waals surface area contributed by atoms with Crippen LogP contribution in [0.5, 0.6) is 0 Å². The average Bonchev–Trinajstić information content (AvgIpc) is 3.86. The summed E-state index contributed by atoms with van der Waals surface area (Å²) in [5, 5.41) is 37.7. The maximum atomic E-state index is 12.4. The van der Waals surface area contributed by atoms with Crippen LogP contribution in [0.1, 0.15) is 34.6 Å². The summed E-state index contributed by atoms with van der Waals surface area (Å²) >= 11 is 7.87. The van der Waals surface area contributed by atoms with Gasteiger partial charge in [-0.2, -0.15) is 0 Å². The Hall–Kier alpha value is -5.97. The number of aromatic nitrogens is 6. The molecule has 0 aliphatic carbocycles. The summed E-state index contributed by atoms with van der Waals surface area (Å²) < 4.78 is 0. The first-order chi connectivity index (χ1) is 25.6. The minimum Gasteiger partial charge on any atom is -0.481 e. The Morgan fingerprint density at radius 2 is 1.06 bits per heavy atom. The number of nitrogens with one attached hydrogen (secondary N) is 4. The highest BCUT2D eigenvalue weighted by Gasteiger charge is 2.13. The van der Waals surface area contributed by atoms with Gasteiger partial charge in [0.2, 0.25) is 10.3 Å². The predicted octanol–water partition coefficient (Wildman–Crippen LogP) is 7.48. The van der Waals surface area contributed by atoms with Gasteiger partial charge in [0.05, 0.1) is 11.5 Å². The molecule has 17 heteroatoms. The fourth-order valence-electron chi connectivity index (χ4n) is 4.21. The number of thioether (sulfide) groups is 2. The number of carboxylic acid groups (broad SMARTS) is 2. The van der Waals surface area contributed by atoms with Crippen LogP contribution in [0.3, 0.4) is 0 Å². The van der Waals surface area contributed by atoms with Crippen molar-refractivity contribution in [2.45, 2.75) is 24.2 Å².